The minimum atomic E-state index is -1.05. The predicted molar refractivity (Wildman–Crippen MR) is 58.2 cm³/mol. The molecule has 0 saturated carbocycles. The van der Waals surface area contributed by atoms with Crippen molar-refractivity contribution >= 4 is 12.0 Å². The third-order valence-electron chi connectivity index (χ3n) is 2.09. The second-order valence-electron chi connectivity index (χ2n) is 3.75. The smallest absolute Gasteiger partial charge is 0.323 e. The molecule has 1 rings (SSSR count). The van der Waals surface area contributed by atoms with Crippen molar-refractivity contribution in [1.29, 1.82) is 0 Å². The van der Waals surface area contributed by atoms with Gasteiger partial charge in [0.25, 0.3) is 0 Å². The van der Waals surface area contributed by atoms with Crippen LogP contribution in [-0.2, 0) is 11.3 Å². The first kappa shape index (κ1) is 13.0. The number of nitrogens with one attached hydrogen (secondary N) is 1. The van der Waals surface area contributed by atoms with E-state index in [-0.39, 0.29) is 19.1 Å². The molecule has 1 aromatic heterocycles. The van der Waals surface area contributed by atoms with Gasteiger partial charge in [-0.15, -0.1) is 0 Å². The van der Waals surface area contributed by atoms with Crippen molar-refractivity contribution in [3.63, 3.8) is 0 Å². The zero-order chi connectivity index (χ0) is 12.8. The first-order chi connectivity index (χ1) is 8.00. The summed E-state index contributed by atoms with van der Waals surface area (Å²) in [5, 5.41) is 14.7. The fraction of sp³-hybridized carbons (Fsp3) is 0.500. The predicted octanol–water partition coefficient (Wildman–Crippen LogP) is 0.679. The summed E-state index contributed by atoms with van der Waals surface area (Å²) in [7, 11) is 0. The van der Waals surface area contributed by atoms with Crippen molar-refractivity contribution in [1.82, 2.24) is 15.4 Å². The topological polar surface area (TPSA) is 95.7 Å². The van der Waals surface area contributed by atoms with Crippen LogP contribution in [0.15, 0.2) is 16.8 Å². The summed E-state index contributed by atoms with van der Waals surface area (Å²) >= 11 is 0. The van der Waals surface area contributed by atoms with Gasteiger partial charge in [-0.3, -0.25) is 4.79 Å². The van der Waals surface area contributed by atoms with Gasteiger partial charge in [-0.2, -0.15) is 0 Å². The summed E-state index contributed by atoms with van der Waals surface area (Å²) in [4.78, 5) is 23.5. The van der Waals surface area contributed by atoms with E-state index in [9.17, 15) is 9.59 Å². The first-order valence-corrected chi connectivity index (χ1v) is 5.16. The Labute approximate surface area is 98.4 Å². The lowest BCUT2D eigenvalue weighted by Crippen LogP contribution is -2.46. The highest BCUT2D eigenvalue weighted by atomic mass is 16.5. The lowest BCUT2D eigenvalue weighted by molar-refractivity contribution is -0.138. The third kappa shape index (κ3) is 4.13. The Morgan fingerprint density at radius 2 is 2.29 bits per heavy atom. The summed E-state index contributed by atoms with van der Waals surface area (Å²) in [5.41, 5.74) is 0. The molecule has 0 radical (unpaired) electrons. The van der Waals surface area contributed by atoms with E-state index in [2.05, 4.69) is 10.5 Å². The first-order valence-electron chi connectivity index (χ1n) is 5.16. The number of carbonyl (C=O) groups is 2. The lowest BCUT2D eigenvalue weighted by Gasteiger charge is -2.24. The van der Waals surface area contributed by atoms with Crippen LogP contribution in [0.2, 0.25) is 0 Å². The minimum Gasteiger partial charge on any atom is -0.480 e. The molecule has 17 heavy (non-hydrogen) atoms. The molecule has 0 spiro atoms. The Morgan fingerprint density at radius 3 is 2.76 bits per heavy atom. The highest BCUT2D eigenvalue weighted by Gasteiger charge is 2.19. The molecule has 94 valence electrons. The SMILES string of the molecule is CC(C)N(CC(=O)O)C(=O)NCc1ccno1. The Hall–Kier alpha value is -2.05. The van der Waals surface area contributed by atoms with E-state index in [0.717, 1.165) is 0 Å². The molecular formula is C10H15N3O4. The molecule has 7 nitrogen and oxygen atoms in total. The van der Waals surface area contributed by atoms with Crippen LogP contribution in [0.4, 0.5) is 4.79 Å². The normalized spacial score (nSPS) is 10.3. The fourth-order valence-corrected chi connectivity index (χ4v) is 1.23. The van der Waals surface area contributed by atoms with Crippen LogP contribution in [0, 0.1) is 0 Å². The molecule has 0 aliphatic heterocycles. The van der Waals surface area contributed by atoms with Crippen LogP contribution in [0.25, 0.3) is 0 Å². The lowest BCUT2D eigenvalue weighted by atomic mass is 10.3. The van der Waals surface area contributed by atoms with Crippen LogP contribution in [-0.4, -0.2) is 39.8 Å². The van der Waals surface area contributed by atoms with Crippen molar-refractivity contribution in [2.75, 3.05) is 6.54 Å². The van der Waals surface area contributed by atoms with Crippen LogP contribution in [0.5, 0.6) is 0 Å². The van der Waals surface area contributed by atoms with Crippen molar-refractivity contribution in [3.8, 4) is 0 Å². The molecule has 0 bridgehead atoms. The molecule has 0 saturated heterocycles. The molecule has 0 aliphatic rings. The van der Waals surface area contributed by atoms with Crippen LogP contribution < -0.4 is 5.32 Å². The maximum absolute atomic E-state index is 11.7. The van der Waals surface area contributed by atoms with Crippen molar-refractivity contribution in [2.24, 2.45) is 0 Å². The monoisotopic (exact) mass is 241 g/mol. The fourth-order valence-electron chi connectivity index (χ4n) is 1.23. The maximum Gasteiger partial charge on any atom is 0.323 e. The number of carboxylic acids is 1. The van der Waals surface area contributed by atoms with Gasteiger partial charge in [0.15, 0.2) is 5.76 Å². The quantitative estimate of drug-likeness (QED) is 0.790. The molecular weight excluding hydrogens is 226 g/mol. The van der Waals surface area contributed by atoms with E-state index < -0.39 is 12.0 Å². The zero-order valence-electron chi connectivity index (χ0n) is 9.71. The number of aromatic nitrogens is 1. The molecule has 2 N–H and O–H groups in total. The Bertz CT molecular complexity index is 375. The van der Waals surface area contributed by atoms with Gasteiger partial charge in [0, 0.05) is 12.1 Å². The minimum absolute atomic E-state index is 0.182. The van der Waals surface area contributed by atoms with Gasteiger partial charge in [-0.1, -0.05) is 5.16 Å². The van der Waals surface area contributed by atoms with Crippen molar-refractivity contribution < 1.29 is 19.2 Å². The average Bonchev–Trinajstić information content (AvgIpc) is 2.74. The molecule has 2 amide bonds. The molecule has 0 atom stereocenters. The number of rotatable bonds is 5. The summed E-state index contributed by atoms with van der Waals surface area (Å²) in [6, 6.07) is 0.983. The second kappa shape index (κ2) is 5.88. The number of carbonyl (C=O) groups excluding carboxylic acids is 1. The van der Waals surface area contributed by atoms with E-state index in [4.69, 9.17) is 9.63 Å². The standard InChI is InChI=1S/C10H15N3O4/c1-7(2)13(6-9(14)15)10(16)11-5-8-3-4-12-17-8/h3-4,7H,5-6H2,1-2H3,(H,11,16)(H,14,15). The van der Waals surface area contributed by atoms with Crippen LogP contribution >= 0.6 is 0 Å². The highest BCUT2D eigenvalue weighted by Crippen LogP contribution is 2.00. The van der Waals surface area contributed by atoms with Gasteiger partial charge in [-0.05, 0) is 13.8 Å². The van der Waals surface area contributed by atoms with E-state index in [1.165, 1.54) is 11.1 Å². The number of aliphatic carboxylic acids is 1. The number of nitrogens with zero attached hydrogens (tertiary/aromatic N) is 2. The zero-order valence-corrected chi connectivity index (χ0v) is 9.71. The van der Waals surface area contributed by atoms with Gasteiger partial charge in [0.2, 0.25) is 0 Å². The van der Waals surface area contributed by atoms with E-state index in [1.54, 1.807) is 19.9 Å². The Kier molecular flexibility index (Phi) is 4.50. The van der Waals surface area contributed by atoms with E-state index in [0.29, 0.717) is 5.76 Å². The molecule has 7 heteroatoms. The largest absolute Gasteiger partial charge is 0.480 e. The van der Waals surface area contributed by atoms with E-state index in [1.807, 2.05) is 0 Å². The number of carboxylic acid groups (broad SMARTS) is 1. The molecule has 0 aliphatic carbocycles. The summed E-state index contributed by atoms with van der Waals surface area (Å²) < 4.78 is 4.81. The average molecular weight is 241 g/mol. The van der Waals surface area contributed by atoms with Crippen LogP contribution in [0.1, 0.15) is 19.6 Å². The van der Waals surface area contributed by atoms with Crippen LogP contribution in [0.3, 0.4) is 0 Å². The number of hydrogen-bond acceptors (Lipinski definition) is 4. The number of amides is 2. The van der Waals surface area contributed by atoms with Crippen molar-refractivity contribution in [3.05, 3.63) is 18.0 Å². The van der Waals surface area contributed by atoms with Crippen molar-refractivity contribution in [2.45, 2.75) is 26.4 Å². The number of urea groups is 1. The second-order valence-corrected chi connectivity index (χ2v) is 3.75. The number of hydrogen-bond donors (Lipinski definition) is 2. The van der Waals surface area contributed by atoms with Gasteiger partial charge >= 0.3 is 12.0 Å². The van der Waals surface area contributed by atoms with Gasteiger partial charge in [-0.25, -0.2) is 4.79 Å². The molecule has 1 aromatic rings. The van der Waals surface area contributed by atoms with Gasteiger partial charge in [0.1, 0.15) is 6.54 Å². The highest BCUT2D eigenvalue weighted by molar-refractivity contribution is 5.80. The van der Waals surface area contributed by atoms with Gasteiger partial charge < -0.3 is 19.8 Å². The van der Waals surface area contributed by atoms with E-state index >= 15 is 0 Å². The molecule has 0 fully saturated rings. The van der Waals surface area contributed by atoms with Gasteiger partial charge in [0.05, 0.1) is 12.7 Å². The summed E-state index contributed by atoms with van der Waals surface area (Å²) in [6.07, 6.45) is 1.47. The molecule has 0 unspecified atom stereocenters. The Balaban J connectivity index is 2.50. The summed E-state index contributed by atoms with van der Waals surface area (Å²) in [5.74, 6) is -0.536. The Morgan fingerprint density at radius 1 is 1.59 bits per heavy atom. The maximum atomic E-state index is 11.7. The third-order valence-corrected chi connectivity index (χ3v) is 2.09. The molecule has 1 heterocycles. The summed E-state index contributed by atoms with van der Waals surface area (Å²) in [6.45, 7) is 3.34. The molecule has 0 aromatic carbocycles.